The Morgan fingerprint density at radius 1 is 1.27 bits per heavy atom. The molecular formula is C17H15ClN2O2. The molecule has 0 radical (unpaired) electrons. The third-order valence-electron chi connectivity index (χ3n) is 3.67. The van der Waals surface area contributed by atoms with E-state index >= 15 is 0 Å². The van der Waals surface area contributed by atoms with E-state index in [0.717, 1.165) is 16.8 Å². The number of carbonyl (C=O) groups is 1. The summed E-state index contributed by atoms with van der Waals surface area (Å²) in [4.78, 5) is 11.9. The molecule has 1 aliphatic rings. The third kappa shape index (κ3) is 2.70. The molecule has 2 aromatic rings. The van der Waals surface area contributed by atoms with Crippen LogP contribution < -0.4 is 0 Å². The zero-order valence-corrected chi connectivity index (χ0v) is 12.8. The van der Waals surface area contributed by atoms with Crippen LogP contribution in [0, 0.1) is 0 Å². The van der Waals surface area contributed by atoms with Crippen molar-refractivity contribution in [1.29, 1.82) is 0 Å². The molecular weight excluding hydrogens is 300 g/mol. The van der Waals surface area contributed by atoms with Gasteiger partial charge in [0.05, 0.1) is 11.8 Å². The van der Waals surface area contributed by atoms with Crippen LogP contribution in [0.3, 0.4) is 0 Å². The minimum absolute atomic E-state index is 0.143. The second-order valence-electron chi connectivity index (χ2n) is 5.21. The van der Waals surface area contributed by atoms with Gasteiger partial charge < -0.3 is 5.11 Å². The maximum Gasteiger partial charge on any atom is 0.240 e. The minimum Gasteiger partial charge on any atom is -0.508 e. The highest BCUT2D eigenvalue weighted by molar-refractivity contribution is 6.34. The molecule has 0 aromatic heterocycles. The molecule has 5 heteroatoms. The minimum atomic E-state index is -0.226. The second-order valence-corrected chi connectivity index (χ2v) is 5.61. The lowest BCUT2D eigenvalue weighted by Gasteiger charge is -2.20. The van der Waals surface area contributed by atoms with E-state index in [1.807, 2.05) is 24.3 Å². The van der Waals surface area contributed by atoms with E-state index in [2.05, 4.69) is 5.10 Å². The SMILES string of the molecule is CC(=O)N1N=C(c2ccccc2Cl)C[C@H]1c1cccc(O)c1. The summed E-state index contributed by atoms with van der Waals surface area (Å²) >= 11 is 6.23. The summed E-state index contributed by atoms with van der Waals surface area (Å²) in [6, 6.07) is 14.1. The highest BCUT2D eigenvalue weighted by atomic mass is 35.5. The Morgan fingerprint density at radius 3 is 2.73 bits per heavy atom. The van der Waals surface area contributed by atoms with Crippen molar-refractivity contribution in [3.05, 3.63) is 64.7 Å². The molecule has 1 amide bonds. The van der Waals surface area contributed by atoms with Crippen molar-refractivity contribution in [3.8, 4) is 5.75 Å². The van der Waals surface area contributed by atoms with Crippen molar-refractivity contribution in [3.63, 3.8) is 0 Å². The molecule has 0 fully saturated rings. The fraction of sp³-hybridized carbons (Fsp3) is 0.176. The molecule has 1 atom stereocenters. The Hall–Kier alpha value is -2.33. The topological polar surface area (TPSA) is 52.9 Å². The summed E-state index contributed by atoms with van der Waals surface area (Å²) < 4.78 is 0. The number of hydrazone groups is 1. The van der Waals surface area contributed by atoms with Gasteiger partial charge >= 0.3 is 0 Å². The number of benzene rings is 2. The number of rotatable bonds is 2. The van der Waals surface area contributed by atoms with Gasteiger partial charge in [-0.3, -0.25) is 4.79 Å². The number of nitrogens with zero attached hydrogens (tertiary/aromatic N) is 2. The lowest BCUT2D eigenvalue weighted by molar-refractivity contribution is -0.130. The van der Waals surface area contributed by atoms with Crippen LogP contribution in [0.5, 0.6) is 5.75 Å². The molecule has 0 saturated heterocycles. The molecule has 0 saturated carbocycles. The average molecular weight is 315 g/mol. The molecule has 1 aliphatic heterocycles. The largest absolute Gasteiger partial charge is 0.508 e. The summed E-state index contributed by atoms with van der Waals surface area (Å²) in [7, 11) is 0. The third-order valence-corrected chi connectivity index (χ3v) is 4.00. The zero-order chi connectivity index (χ0) is 15.7. The number of carbonyl (C=O) groups excluding carboxylic acids is 1. The van der Waals surface area contributed by atoms with Gasteiger partial charge in [0.1, 0.15) is 5.75 Å². The van der Waals surface area contributed by atoms with Gasteiger partial charge in [0.2, 0.25) is 5.91 Å². The van der Waals surface area contributed by atoms with E-state index in [1.54, 1.807) is 24.3 Å². The Bertz CT molecular complexity index is 758. The molecule has 3 rings (SSSR count). The Kier molecular flexibility index (Phi) is 3.86. The highest BCUT2D eigenvalue weighted by Gasteiger charge is 2.32. The van der Waals surface area contributed by atoms with E-state index in [0.29, 0.717) is 11.4 Å². The second kappa shape index (κ2) is 5.81. The monoisotopic (exact) mass is 314 g/mol. The first-order valence-electron chi connectivity index (χ1n) is 6.97. The van der Waals surface area contributed by atoms with Gasteiger partial charge in [-0.25, -0.2) is 5.01 Å². The summed E-state index contributed by atoms with van der Waals surface area (Å²) in [5, 5.41) is 16.2. The normalized spacial score (nSPS) is 17.5. The van der Waals surface area contributed by atoms with Gasteiger partial charge in [-0.2, -0.15) is 5.10 Å². The van der Waals surface area contributed by atoms with Crippen LogP contribution in [0.1, 0.15) is 30.5 Å². The Morgan fingerprint density at radius 2 is 2.05 bits per heavy atom. The van der Waals surface area contributed by atoms with Gasteiger partial charge in [0.15, 0.2) is 0 Å². The molecule has 0 spiro atoms. The maximum absolute atomic E-state index is 11.9. The first kappa shape index (κ1) is 14.6. The molecule has 4 nitrogen and oxygen atoms in total. The molecule has 2 aromatic carbocycles. The van der Waals surface area contributed by atoms with Crippen LogP contribution >= 0.6 is 11.6 Å². The van der Waals surface area contributed by atoms with E-state index in [4.69, 9.17) is 11.6 Å². The number of halogens is 1. The van der Waals surface area contributed by atoms with Gasteiger partial charge in [-0.05, 0) is 23.8 Å². The molecule has 0 aliphatic carbocycles. The number of amides is 1. The molecule has 1 N–H and O–H groups in total. The van der Waals surface area contributed by atoms with Gasteiger partial charge in [0.25, 0.3) is 0 Å². The van der Waals surface area contributed by atoms with Crippen LogP contribution in [0.15, 0.2) is 53.6 Å². The van der Waals surface area contributed by atoms with Crippen LogP contribution in [0.4, 0.5) is 0 Å². The van der Waals surface area contributed by atoms with Crippen LogP contribution in [0.2, 0.25) is 5.02 Å². The first-order chi connectivity index (χ1) is 10.6. The lowest BCUT2D eigenvalue weighted by Crippen LogP contribution is -2.24. The summed E-state index contributed by atoms with van der Waals surface area (Å²) in [5.41, 5.74) is 2.45. The fourth-order valence-electron chi connectivity index (χ4n) is 2.65. The summed E-state index contributed by atoms with van der Waals surface area (Å²) in [5.74, 6) is 0.0302. The van der Waals surface area contributed by atoms with Crippen molar-refractivity contribution in [2.75, 3.05) is 0 Å². The van der Waals surface area contributed by atoms with E-state index in [-0.39, 0.29) is 17.7 Å². The highest BCUT2D eigenvalue weighted by Crippen LogP contribution is 2.35. The summed E-state index contributed by atoms with van der Waals surface area (Å²) in [6.45, 7) is 1.48. The molecule has 22 heavy (non-hydrogen) atoms. The maximum atomic E-state index is 11.9. The average Bonchev–Trinajstić information content (AvgIpc) is 2.93. The van der Waals surface area contributed by atoms with Crippen molar-refractivity contribution in [2.45, 2.75) is 19.4 Å². The number of aromatic hydroxyl groups is 1. The standard InChI is InChI=1S/C17H15ClN2O2/c1-11(21)20-17(12-5-4-6-13(22)9-12)10-16(19-20)14-7-2-3-8-15(14)18/h2-9,17,22H,10H2,1H3/t17-/m0/s1. The zero-order valence-electron chi connectivity index (χ0n) is 12.0. The molecule has 0 bridgehead atoms. The van der Waals surface area contributed by atoms with Crippen molar-refractivity contribution in [2.24, 2.45) is 5.10 Å². The number of hydrogen-bond acceptors (Lipinski definition) is 3. The van der Waals surface area contributed by atoms with E-state index in [1.165, 1.54) is 11.9 Å². The van der Waals surface area contributed by atoms with Gasteiger partial charge in [-0.1, -0.05) is 41.9 Å². The predicted molar refractivity (Wildman–Crippen MR) is 86.0 cm³/mol. The first-order valence-corrected chi connectivity index (χ1v) is 7.35. The van der Waals surface area contributed by atoms with Crippen molar-refractivity contribution in [1.82, 2.24) is 5.01 Å². The van der Waals surface area contributed by atoms with Gasteiger partial charge in [0, 0.05) is 23.9 Å². The molecule has 0 unspecified atom stereocenters. The lowest BCUT2D eigenvalue weighted by atomic mass is 9.98. The molecule has 1 heterocycles. The van der Waals surface area contributed by atoms with E-state index < -0.39 is 0 Å². The Balaban J connectivity index is 1.99. The van der Waals surface area contributed by atoms with E-state index in [9.17, 15) is 9.90 Å². The van der Waals surface area contributed by atoms with Crippen molar-refractivity contribution >= 4 is 23.2 Å². The number of phenolic OH excluding ortho intramolecular Hbond substituents is 1. The smallest absolute Gasteiger partial charge is 0.240 e. The van der Waals surface area contributed by atoms with Crippen LogP contribution in [-0.2, 0) is 4.79 Å². The Labute approximate surface area is 133 Å². The van der Waals surface area contributed by atoms with Crippen molar-refractivity contribution < 1.29 is 9.90 Å². The number of phenols is 1. The quantitative estimate of drug-likeness (QED) is 0.918. The predicted octanol–water partition coefficient (Wildman–Crippen LogP) is 3.74. The van der Waals surface area contributed by atoms with Crippen LogP contribution in [-0.4, -0.2) is 21.7 Å². The van der Waals surface area contributed by atoms with Gasteiger partial charge in [-0.15, -0.1) is 0 Å². The summed E-state index contributed by atoms with van der Waals surface area (Å²) in [6.07, 6.45) is 0.562. The van der Waals surface area contributed by atoms with Crippen LogP contribution in [0.25, 0.3) is 0 Å². The fourth-order valence-corrected chi connectivity index (χ4v) is 2.90. The molecule has 112 valence electrons. The number of hydrogen-bond donors (Lipinski definition) is 1.